The van der Waals surface area contributed by atoms with E-state index in [1.807, 2.05) is 13.8 Å². The van der Waals surface area contributed by atoms with Crippen LogP contribution in [0.1, 0.15) is 13.8 Å². The van der Waals surface area contributed by atoms with Crippen molar-refractivity contribution in [1.29, 1.82) is 0 Å². The van der Waals surface area contributed by atoms with E-state index in [9.17, 15) is 0 Å². The highest BCUT2D eigenvalue weighted by atomic mass is 16.8. The van der Waals surface area contributed by atoms with E-state index in [0.29, 0.717) is 6.61 Å². The number of pyridine rings is 1. The molecule has 4 nitrogen and oxygen atoms in total. The van der Waals surface area contributed by atoms with Crippen molar-refractivity contribution in [2.45, 2.75) is 44.5 Å². The molecule has 4 heteroatoms. The lowest BCUT2D eigenvalue weighted by Crippen LogP contribution is -2.45. The van der Waals surface area contributed by atoms with Gasteiger partial charge in [-0.1, -0.05) is 12.1 Å². The lowest BCUT2D eigenvalue weighted by Gasteiger charge is -2.20. The van der Waals surface area contributed by atoms with Crippen molar-refractivity contribution in [2.75, 3.05) is 6.61 Å². The summed E-state index contributed by atoms with van der Waals surface area (Å²) in [6, 6.07) is 12.6. The molecule has 2 aliphatic rings. The highest BCUT2D eigenvalue weighted by Crippen LogP contribution is 2.35. The van der Waals surface area contributed by atoms with E-state index < -0.39 is 5.79 Å². The summed E-state index contributed by atoms with van der Waals surface area (Å²) < 4.78 is 20.0. The highest BCUT2D eigenvalue weighted by molar-refractivity contribution is 5.74. The SMILES string of the molecule is CC1(C)O[C@H]2[C@H](CO[C@@H]2C[n+]2cccc3ccccc32)O1. The van der Waals surface area contributed by atoms with Gasteiger partial charge < -0.3 is 14.2 Å². The molecule has 4 rings (SSSR count). The zero-order valence-electron chi connectivity index (χ0n) is 12.4. The monoisotopic (exact) mass is 286 g/mol. The molecule has 2 saturated heterocycles. The van der Waals surface area contributed by atoms with Crippen LogP contribution in [0.4, 0.5) is 0 Å². The Hall–Kier alpha value is -1.49. The summed E-state index contributed by atoms with van der Waals surface area (Å²) in [6.45, 7) is 5.33. The van der Waals surface area contributed by atoms with E-state index in [0.717, 1.165) is 6.54 Å². The van der Waals surface area contributed by atoms with Gasteiger partial charge in [-0.3, -0.25) is 0 Å². The summed E-state index contributed by atoms with van der Waals surface area (Å²) in [5.41, 5.74) is 1.21. The number of nitrogens with zero attached hydrogens (tertiary/aromatic N) is 1. The number of ether oxygens (including phenoxy) is 3. The summed E-state index contributed by atoms with van der Waals surface area (Å²) in [4.78, 5) is 0. The number of hydrogen-bond donors (Lipinski definition) is 0. The standard InChI is InChI=1S/C17H20NO3/c1-17(2)20-15-11-19-14(16(15)21-17)10-18-9-5-7-12-6-3-4-8-13(12)18/h3-9,14-16H,10-11H2,1-2H3/q+1/t14-,15+,16-/m1/s1. The zero-order chi connectivity index (χ0) is 14.4. The number of aromatic nitrogens is 1. The van der Waals surface area contributed by atoms with Gasteiger partial charge in [0, 0.05) is 17.5 Å². The van der Waals surface area contributed by atoms with Crippen LogP contribution in [-0.2, 0) is 20.8 Å². The summed E-state index contributed by atoms with van der Waals surface area (Å²) in [5, 5.41) is 1.23. The first-order valence-electron chi connectivity index (χ1n) is 7.47. The lowest BCUT2D eigenvalue weighted by molar-refractivity contribution is -0.679. The van der Waals surface area contributed by atoms with E-state index in [4.69, 9.17) is 14.2 Å². The maximum atomic E-state index is 6.01. The molecule has 0 saturated carbocycles. The third-order valence-corrected chi connectivity index (χ3v) is 4.23. The van der Waals surface area contributed by atoms with Crippen LogP contribution < -0.4 is 4.57 Å². The second kappa shape index (κ2) is 4.77. The van der Waals surface area contributed by atoms with Crippen LogP contribution in [0.3, 0.4) is 0 Å². The number of rotatable bonds is 2. The molecule has 0 aliphatic carbocycles. The smallest absolute Gasteiger partial charge is 0.212 e. The van der Waals surface area contributed by atoms with Crippen LogP contribution in [0.25, 0.3) is 10.9 Å². The van der Waals surface area contributed by atoms with Crippen LogP contribution in [0.15, 0.2) is 42.6 Å². The van der Waals surface area contributed by atoms with Crippen molar-refractivity contribution in [3.8, 4) is 0 Å². The third kappa shape index (κ3) is 2.33. The van der Waals surface area contributed by atoms with E-state index in [1.165, 1.54) is 10.9 Å². The fourth-order valence-corrected chi connectivity index (χ4v) is 3.35. The van der Waals surface area contributed by atoms with Gasteiger partial charge in [-0.15, -0.1) is 0 Å². The minimum atomic E-state index is -0.499. The second-order valence-corrected chi connectivity index (χ2v) is 6.23. The molecule has 1 aromatic carbocycles. The van der Waals surface area contributed by atoms with E-state index in [-0.39, 0.29) is 18.3 Å². The fraction of sp³-hybridized carbons (Fsp3) is 0.471. The molecule has 110 valence electrons. The largest absolute Gasteiger partial charge is 0.366 e. The average Bonchev–Trinajstić information content (AvgIpc) is 2.96. The fourth-order valence-electron chi connectivity index (χ4n) is 3.35. The predicted molar refractivity (Wildman–Crippen MR) is 77.7 cm³/mol. The Bertz CT molecular complexity index is 665. The third-order valence-electron chi connectivity index (χ3n) is 4.23. The Labute approximate surface area is 124 Å². The molecule has 21 heavy (non-hydrogen) atoms. The topological polar surface area (TPSA) is 31.6 Å². The molecular weight excluding hydrogens is 266 g/mol. The number of fused-ring (bicyclic) bond motifs is 2. The summed E-state index contributed by atoms with van der Waals surface area (Å²) in [7, 11) is 0. The van der Waals surface area contributed by atoms with Crippen LogP contribution in [0.5, 0.6) is 0 Å². The summed E-state index contributed by atoms with van der Waals surface area (Å²) >= 11 is 0. The quantitative estimate of drug-likeness (QED) is 0.792. The molecule has 1 aromatic heterocycles. The molecule has 0 bridgehead atoms. The second-order valence-electron chi connectivity index (χ2n) is 6.23. The predicted octanol–water partition coefficient (Wildman–Crippen LogP) is 2.05. The van der Waals surface area contributed by atoms with Gasteiger partial charge in [-0.25, -0.2) is 0 Å². The molecule has 3 atom stereocenters. The maximum absolute atomic E-state index is 6.01. The van der Waals surface area contributed by atoms with Crippen molar-refractivity contribution in [1.82, 2.24) is 0 Å². The van der Waals surface area contributed by atoms with Gasteiger partial charge in [0.15, 0.2) is 18.5 Å². The van der Waals surface area contributed by atoms with Gasteiger partial charge in [-0.05, 0) is 26.0 Å². The number of hydrogen-bond acceptors (Lipinski definition) is 3. The molecule has 0 N–H and O–H groups in total. The van der Waals surface area contributed by atoms with E-state index in [2.05, 4.69) is 47.2 Å². The van der Waals surface area contributed by atoms with Gasteiger partial charge in [0.2, 0.25) is 5.52 Å². The molecule has 3 heterocycles. The average molecular weight is 286 g/mol. The number of para-hydroxylation sites is 1. The van der Waals surface area contributed by atoms with Crippen molar-refractivity contribution in [3.05, 3.63) is 42.6 Å². The minimum absolute atomic E-state index is 0.0199. The van der Waals surface area contributed by atoms with Crippen LogP contribution in [0, 0.1) is 0 Å². The van der Waals surface area contributed by atoms with Gasteiger partial charge >= 0.3 is 0 Å². The van der Waals surface area contributed by atoms with Crippen molar-refractivity contribution in [3.63, 3.8) is 0 Å². The van der Waals surface area contributed by atoms with E-state index in [1.54, 1.807) is 0 Å². The summed E-state index contributed by atoms with van der Waals surface area (Å²) in [6.07, 6.45) is 2.21. The Kier molecular flexibility index (Phi) is 2.99. The Morgan fingerprint density at radius 3 is 2.86 bits per heavy atom. The molecule has 2 aromatic rings. The first-order valence-corrected chi connectivity index (χ1v) is 7.47. The first kappa shape index (κ1) is 13.2. The van der Waals surface area contributed by atoms with Crippen molar-refractivity contribution in [2.24, 2.45) is 0 Å². The van der Waals surface area contributed by atoms with Crippen LogP contribution in [-0.4, -0.2) is 30.7 Å². The van der Waals surface area contributed by atoms with Gasteiger partial charge in [-0.2, -0.15) is 4.57 Å². The zero-order valence-corrected chi connectivity index (χ0v) is 12.4. The Morgan fingerprint density at radius 2 is 1.95 bits per heavy atom. The van der Waals surface area contributed by atoms with Crippen molar-refractivity contribution >= 4 is 10.9 Å². The highest BCUT2D eigenvalue weighted by Gasteiger charge is 2.51. The lowest BCUT2D eigenvalue weighted by atomic mass is 10.1. The molecule has 2 aliphatic heterocycles. The summed E-state index contributed by atoms with van der Waals surface area (Å²) in [5.74, 6) is -0.499. The maximum Gasteiger partial charge on any atom is 0.212 e. The van der Waals surface area contributed by atoms with Gasteiger partial charge in [0.1, 0.15) is 18.3 Å². The molecule has 0 unspecified atom stereocenters. The molecule has 0 radical (unpaired) electrons. The van der Waals surface area contributed by atoms with Crippen LogP contribution >= 0.6 is 0 Å². The number of benzene rings is 1. The van der Waals surface area contributed by atoms with Crippen molar-refractivity contribution < 1.29 is 18.8 Å². The minimum Gasteiger partial charge on any atom is -0.366 e. The molecule has 0 spiro atoms. The Morgan fingerprint density at radius 1 is 1.14 bits per heavy atom. The van der Waals surface area contributed by atoms with Gasteiger partial charge in [0.25, 0.3) is 0 Å². The molecule has 0 amide bonds. The normalized spacial score (nSPS) is 30.7. The van der Waals surface area contributed by atoms with E-state index >= 15 is 0 Å². The molecular formula is C17H20NO3+. The van der Waals surface area contributed by atoms with Gasteiger partial charge in [0.05, 0.1) is 6.61 Å². The van der Waals surface area contributed by atoms with Crippen LogP contribution in [0.2, 0.25) is 0 Å². The Balaban J connectivity index is 1.61. The first-order chi connectivity index (χ1) is 10.1. The molecule has 2 fully saturated rings.